The zero-order valence-electron chi connectivity index (χ0n) is 9.55. The summed E-state index contributed by atoms with van der Waals surface area (Å²) >= 11 is 0. The summed E-state index contributed by atoms with van der Waals surface area (Å²) in [5.41, 5.74) is 1.44. The Morgan fingerprint density at radius 3 is 2.83 bits per heavy atom. The third-order valence-electron chi connectivity index (χ3n) is 3.29. The van der Waals surface area contributed by atoms with Gasteiger partial charge in [-0.1, -0.05) is 6.07 Å². The fraction of sp³-hybridized carbons (Fsp3) is 0.417. The highest BCUT2D eigenvalue weighted by atomic mass is 16.6. The van der Waals surface area contributed by atoms with Crippen molar-refractivity contribution in [3.63, 3.8) is 0 Å². The van der Waals surface area contributed by atoms with Crippen LogP contribution in [0.4, 0.5) is 0 Å². The highest BCUT2D eigenvalue weighted by Crippen LogP contribution is 2.33. The van der Waals surface area contributed by atoms with Gasteiger partial charge in [0.2, 0.25) is 0 Å². The summed E-state index contributed by atoms with van der Waals surface area (Å²) in [6.07, 6.45) is -0.160. The van der Waals surface area contributed by atoms with E-state index in [1.54, 1.807) is 22.9 Å². The SMILES string of the molecule is OC[C@H]1OC(c2cccc3nccn23)[C@@H](O)[C@H]1O. The zero-order chi connectivity index (χ0) is 12.7. The summed E-state index contributed by atoms with van der Waals surface area (Å²) in [6.45, 7) is -0.325. The highest BCUT2D eigenvalue weighted by molar-refractivity contribution is 5.40. The van der Waals surface area contributed by atoms with Gasteiger partial charge < -0.3 is 24.5 Å². The monoisotopic (exact) mass is 250 g/mol. The molecule has 0 aliphatic carbocycles. The predicted octanol–water partition coefficient (Wildman–Crippen LogP) is -0.512. The number of ether oxygens (including phenoxy) is 1. The number of aliphatic hydroxyl groups excluding tert-OH is 3. The minimum absolute atomic E-state index is 0.325. The Morgan fingerprint density at radius 2 is 2.11 bits per heavy atom. The molecule has 2 aromatic rings. The molecule has 4 atom stereocenters. The van der Waals surface area contributed by atoms with Crippen LogP contribution >= 0.6 is 0 Å². The van der Waals surface area contributed by atoms with E-state index >= 15 is 0 Å². The third-order valence-corrected chi connectivity index (χ3v) is 3.29. The smallest absolute Gasteiger partial charge is 0.136 e. The fourth-order valence-electron chi connectivity index (χ4n) is 2.35. The average Bonchev–Trinajstić information content (AvgIpc) is 2.96. The van der Waals surface area contributed by atoms with E-state index in [0.717, 1.165) is 5.65 Å². The predicted molar refractivity (Wildman–Crippen MR) is 61.9 cm³/mol. The van der Waals surface area contributed by atoms with Crippen LogP contribution in [0, 0.1) is 0 Å². The lowest BCUT2D eigenvalue weighted by molar-refractivity contribution is -0.0242. The van der Waals surface area contributed by atoms with Crippen LogP contribution in [-0.2, 0) is 4.74 Å². The Morgan fingerprint density at radius 1 is 1.28 bits per heavy atom. The number of aliphatic hydroxyl groups is 3. The van der Waals surface area contributed by atoms with Gasteiger partial charge in [0.05, 0.1) is 12.3 Å². The maximum atomic E-state index is 9.99. The van der Waals surface area contributed by atoms with E-state index in [4.69, 9.17) is 9.84 Å². The number of pyridine rings is 1. The van der Waals surface area contributed by atoms with E-state index in [0.29, 0.717) is 5.69 Å². The summed E-state index contributed by atoms with van der Waals surface area (Å²) in [7, 11) is 0. The van der Waals surface area contributed by atoms with Gasteiger partial charge in [-0.3, -0.25) is 0 Å². The molecule has 1 saturated heterocycles. The number of hydrogen-bond donors (Lipinski definition) is 3. The molecule has 0 saturated carbocycles. The Balaban J connectivity index is 2.02. The summed E-state index contributed by atoms with van der Waals surface area (Å²) < 4.78 is 7.29. The first-order valence-electron chi connectivity index (χ1n) is 5.77. The number of fused-ring (bicyclic) bond motifs is 1. The number of aromatic nitrogens is 2. The van der Waals surface area contributed by atoms with Gasteiger partial charge in [0.25, 0.3) is 0 Å². The standard InChI is InChI=1S/C12H14N2O4/c15-6-8-10(16)11(17)12(18-8)7-2-1-3-9-13-4-5-14(7)9/h1-5,8,10-12,15-17H,6H2/t8-,10+,11+,12?/m1/s1. The molecule has 3 rings (SSSR count). The van der Waals surface area contributed by atoms with E-state index in [1.807, 2.05) is 12.1 Å². The minimum Gasteiger partial charge on any atom is -0.394 e. The highest BCUT2D eigenvalue weighted by Gasteiger charge is 2.43. The van der Waals surface area contributed by atoms with Crippen molar-refractivity contribution in [2.45, 2.75) is 24.4 Å². The van der Waals surface area contributed by atoms with Crippen molar-refractivity contribution in [1.82, 2.24) is 9.38 Å². The second kappa shape index (κ2) is 4.33. The van der Waals surface area contributed by atoms with Crippen LogP contribution in [0.5, 0.6) is 0 Å². The molecule has 3 heterocycles. The molecule has 96 valence electrons. The Bertz CT molecular complexity index is 556. The summed E-state index contributed by atoms with van der Waals surface area (Å²) in [4.78, 5) is 4.15. The second-order valence-electron chi connectivity index (χ2n) is 4.36. The lowest BCUT2D eigenvalue weighted by Crippen LogP contribution is -2.32. The van der Waals surface area contributed by atoms with Gasteiger partial charge in [-0.25, -0.2) is 4.98 Å². The molecular weight excluding hydrogens is 236 g/mol. The van der Waals surface area contributed by atoms with E-state index in [1.165, 1.54) is 0 Å². The van der Waals surface area contributed by atoms with Crippen molar-refractivity contribution in [1.29, 1.82) is 0 Å². The first kappa shape index (κ1) is 11.6. The van der Waals surface area contributed by atoms with Crippen LogP contribution in [0.2, 0.25) is 0 Å². The summed E-state index contributed by atoms with van der Waals surface area (Å²) in [5, 5.41) is 28.8. The fourth-order valence-corrected chi connectivity index (χ4v) is 2.35. The van der Waals surface area contributed by atoms with Crippen molar-refractivity contribution in [3.05, 3.63) is 36.3 Å². The largest absolute Gasteiger partial charge is 0.394 e. The van der Waals surface area contributed by atoms with Crippen LogP contribution in [0.1, 0.15) is 11.8 Å². The van der Waals surface area contributed by atoms with Gasteiger partial charge in [-0.2, -0.15) is 0 Å². The van der Waals surface area contributed by atoms with E-state index in [9.17, 15) is 10.2 Å². The van der Waals surface area contributed by atoms with Crippen molar-refractivity contribution in [3.8, 4) is 0 Å². The molecule has 18 heavy (non-hydrogen) atoms. The molecule has 0 aromatic carbocycles. The molecule has 6 heteroatoms. The van der Waals surface area contributed by atoms with Gasteiger partial charge in [0, 0.05) is 12.4 Å². The zero-order valence-corrected chi connectivity index (χ0v) is 9.55. The Kier molecular flexibility index (Phi) is 2.79. The van der Waals surface area contributed by atoms with Crippen LogP contribution < -0.4 is 0 Å². The van der Waals surface area contributed by atoms with Crippen molar-refractivity contribution in [2.75, 3.05) is 6.61 Å². The van der Waals surface area contributed by atoms with E-state index < -0.39 is 24.4 Å². The molecule has 0 radical (unpaired) electrons. The van der Waals surface area contributed by atoms with Gasteiger partial charge in [-0.15, -0.1) is 0 Å². The van der Waals surface area contributed by atoms with E-state index in [2.05, 4.69) is 4.98 Å². The normalized spacial score (nSPS) is 32.2. The minimum atomic E-state index is -1.08. The second-order valence-corrected chi connectivity index (χ2v) is 4.36. The molecular formula is C12H14N2O4. The van der Waals surface area contributed by atoms with Crippen molar-refractivity contribution >= 4 is 5.65 Å². The van der Waals surface area contributed by atoms with Crippen LogP contribution in [0.25, 0.3) is 5.65 Å². The lowest BCUT2D eigenvalue weighted by Gasteiger charge is -2.16. The van der Waals surface area contributed by atoms with E-state index in [-0.39, 0.29) is 6.61 Å². The van der Waals surface area contributed by atoms with Gasteiger partial charge in [-0.05, 0) is 12.1 Å². The maximum absolute atomic E-state index is 9.99. The molecule has 0 bridgehead atoms. The van der Waals surface area contributed by atoms with Crippen molar-refractivity contribution in [2.24, 2.45) is 0 Å². The third kappa shape index (κ3) is 1.62. The van der Waals surface area contributed by atoms with Gasteiger partial charge in [0.1, 0.15) is 30.1 Å². The Hall–Kier alpha value is -1.47. The summed E-state index contributed by atoms with van der Waals surface area (Å²) in [5.74, 6) is 0. The average molecular weight is 250 g/mol. The number of nitrogens with zero attached hydrogens (tertiary/aromatic N) is 2. The lowest BCUT2D eigenvalue weighted by atomic mass is 10.1. The van der Waals surface area contributed by atoms with Crippen LogP contribution in [0.15, 0.2) is 30.6 Å². The molecule has 1 fully saturated rings. The molecule has 1 unspecified atom stereocenters. The molecule has 6 nitrogen and oxygen atoms in total. The molecule has 2 aromatic heterocycles. The molecule has 1 aliphatic heterocycles. The maximum Gasteiger partial charge on any atom is 0.136 e. The number of imidazole rings is 1. The van der Waals surface area contributed by atoms with Gasteiger partial charge in [0.15, 0.2) is 0 Å². The molecule has 0 amide bonds. The number of hydrogen-bond acceptors (Lipinski definition) is 5. The summed E-state index contributed by atoms with van der Waals surface area (Å²) in [6, 6.07) is 5.45. The first-order valence-corrected chi connectivity index (χ1v) is 5.77. The number of rotatable bonds is 2. The topological polar surface area (TPSA) is 87.2 Å². The van der Waals surface area contributed by atoms with Gasteiger partial charge >= 0.3 is 0 Å². The molecule has 3 N–H and O–H groups in total. The first-order chi connectivity index (χ1) is 8.72. The quantitative estimate of drug-likeness (QED) is 0.668. The molecule has 0 spiro atoms. The van der Waals surface area contributed by atoms with Crippen molar-refractivity contribution < 1.29 is 20.1 Å². The van der Waals surface area contributed by atoms with Crippen LogP contribution in [-0.4, -0.2) is 49.6 Å². The molecule has 1 aliphatic rings. The Labute approximate surface area is 103 Å². The van der Waals surface area contributed by atoms with Crippen LogP contribution in [0.3, 0.4) is 0 Å².